The molecule has 4 N–H and O–H groups in total. The second-order valence-corrected chi connectivity index (χ2v) is 6.32. The highest BCUT2D eigenvalue weighted by atomic mass is 16.6. The second kappa shape index (κ2) is 7.13. The van der Waals surface area contributed by atoms with E-state index in [0.717, 1.165) is 0 Å². The van der Waals surface area contributed by atoms with Gasteiger partial charge in [-0.3, -0.25) is 4.79 Å². The fourth-order valence-corrected chi connectivity index (χ4v) is 2.10. The molecule has 0 spiro atoms. The fourth-order valence-electron chi connectivity index (χ4n) is 2.10. The van der Waals surface area contributed by atoms with E-state index in [1.807, 2.05) is 0 Å². The number of hydrogen-bond donors (Lipinski definition) is 3. The van der Waals surface area contributed by atoms with Gasteiger partial charge in [-0.05, 0) is 26.3 Å². The Morgan fingerprint density at radius 3 is 2.17 bits per heavy atom. The highest BCUT2D eigenvalue weighted by molar-refractivity contribution is 5.90. The van der Waals surface area contributed by atoms with E-state index in [2.05, 4.69) is 5.32 Å². The lowest BCUT2D eigenvalue weighted by Gasteiger charge is -2.31. The maximum Gasteiger partial charge on any atom is 0.408 e. The molecule has 0 aliphatic heterocycles. The van der Waals surface area contributed by atoms with Gasteiger partial charge in [0.2, 0.25) is 5.91 Å². The van der Waals surface area contributed by atoms with Gasteiger partial charge in [0.05, 0.1) is 6.42 Å². The van der Waals surface area contributed by atoms with Crippen molar-refractivity contribution in [1.82, 2.24) is 5.32 Å². The molecule has 2 amide bonds. The Labute approximate surface area is 134 Å². The van der Waals surface area contributed by atoms with Gasteiger partial charge >= 0.3 is 12.1 Å². The minimum atomic E-state index is -1.87. The van der Waals surface area contributed by atoms with Crippen LogP contribution in [0.3, 0.4) is 0 Å². The molecule has 0 aromatic heterocycles. The molecule has 7 heteroatoms. The Bertz CT molecular complexity index is 580. The van der Waals surface area contributed by atoms with E-state index < -0.39 is 35.5 Å². The molecule has 23 heavy (non-hydrogen) atoms. The summed E-state index contributed by atoms with van der Waals surface area (Å²) in [4.78, 5) is 35.1. The summed E-state index contributed by atoms with van der Waals surface area (Å²) >= 11 is 0. The molecule has 1 aromatic rings. The molecule has 0 heterocycles. The van der Waals surface area contributed by atoms with E-state index >= 15 is 0 Å². The number of nitrogens with two attached hydrogens (primary N) is 1. The van der Waals surface area contributed by atoms with Crippen LogP contribution >= 0.6 is 0 Å². The van der Waals surface area contributed by atoms with Gasteiger partial charge in [-0.2, -0.15) is 0 Å². The Morgan fingerprint density at radius 1 is 1.17 bits per heavy atom. The van der Waals surface area contributed by atoms with Crippen molar-refractivity contribution in [3.8, 4) is 0 Å². The van der Waals surface area contributed by atoms with Crippen molar-refractivity contribution in [2.24, 2.45) is 5.73 Å². The molecule has 1 aromatic carbocycles. The van der Waals surface area contributed by atoms with E-state index in [1.165, 1.54) is 0 Å². The summed E-state index contributed by atoms with van der Waals surface area (Å²) in [5.74, 6) is -2.19. The van der Waals surface area contributed by atoms with E-state index in [4.69, 9.17) is 10.5 Å². The van der Waals surface area contributed by atoms with Crippen molar-refractivity contribution < 1.29 is 24.2 Å². The first-order valence-electron chi connectivity index (χ1n) is 7.11. The molecule has 0 bridgehead atoms. The Hall–Kier alpha value is -2.57. The zero-order valence-corrected chi connectivity index (χ0v) is 13.5. The lowest BCUT2D eigenvalue weighted by Crippen LogP contribution is -2.58. The first kappa shape index (κ1) is 18.5. The van der Waals surface area contributed by atoms with Gasteiger partial charge < -0.3 is 20.9 Å². The smallest absolute Gasteiger partial charge is 0.408 e. The predicted octanol–water partition coefficient (Wildman–Crippen LogP) is 1.45. The van der Waals surface area contributed by atoms with Crippen LogP contribution in [0.15, 0.2) is 30.3 Å². The minimum absolute atomic E-state index is 0.0919. The van der Waals surface area contributed by atoms with Crippen LogP contribution in [-0.2, 0) is 20.7 Å². The molecular weight excluding hydrogens is 300 g/mol. The number of hydrogen-bond acceptors (Lipinski definition) is 4. The number of aliphatic carboxylic acids is 1. The van der Waals surface area contributed by atoms with Crippen LogP contribution in [0.5, 0.6) is 0 Å². The Balaban J connectivity index is 3.10. The SMILES string of the molecule is CC(C)(C)OC(=O)N[C@](CC(N)=O)(Cc1ccccc1)C(=O)O. The lowest BCUT2D eigenvalue weighted by molar-refractivity contribution is -0.147. The second-order valence-electron chi connectivity index (χ2n) is 6.32. The van der Waals surface area contributed by atoms with E-state index in [-0.39, 0.29) is 6.42 Å². The van der Waals surface area contributed by atoms with Crippen molar-refractivity contribution >= 4 is 18.0 Å². The van der Waals surface area contributed by atoms with Crippen LogP contribution in [0.25, 0.3) is 0 Å². The molecule has 1 rings (SSSR count). The van der Waals surface area contributed by atoms with Crippen LogP contribution in [0.4, 0.5) is 4.79 Å². The van der Waals surface area contributed by atoms with Crippen LogP contribution < -0.4 is 11.1 Å². The molecule has 7 nitrogen and oxygen atoms in total. The summed E-state index contributed by atoms with van der Waals surface area (Å²) in [6.45, 7) is 4.96. The molecule has 0 aliphatic carbocycles. The molecule has 126 valence electrons. The summed E-state index contributed by atoms with van der Waals surface area (Å²) in [6.07, 6.45) is -1.56. The van der Waals surface area contributed by atoms with E-state index in [0.29, 0.717) is 5.56 Å². The standard InChI is InChI=1S/C16H22N2O5/c1-15(2,3)23-14(22)18-16(13(20)21,10-12(17)19)9-11-7-5-4-6-8-11/h4-8H,9-10H2,1-3H3,(H2,17,19)(H,18,22)(H,20,21)/t16-/m0/s1. The summed E-state index contributed by atoms with van der Waals surface area (Å²) in [5, 5.41) is 11.9. The van der Waals surface area contributed by atoms with Gasteiger partial charge in [0.25, 0.3) is 0 Å². The Morgan fingerprint density at radius 2 is 1.74 bits per heavy atom. The normalized spacial score (nSPS) is 13.7. The number of carbonyl (C=O) groups is 3. The molecule has 0 saturated heterocycles. The average Bonchev–Trinajstić information content (AvgIpc) is 2.36. The van der Waals surface area contributed by atoms with Gasteiger partial charge in [0.15, 0.2) is 5.54 Å². The van der Waals surface area contributed by atoms with Crippen LogP contribution in [0, 0.1) is 0 Å². The molecule has 0 radical (unpaired) electrons. The van der Waals surface area contributed by atoms with Crippen molar-refractivity contribution in [3.05, 3.63) is 35.9 Å². The molecule has 0 aliphatic rings. The summed E-state index contributed by atoms with van der Waals surface area (Å²) in [7, 11) is 0. The van der Waals surface area contributed by atoms with Crippen molar-refractivity contribution in [2.75, 3.05) is 0 Å². The zero-order chi connectivity index (χ0) is 17.7. The highest BCUT2D eigenvalue weighted by Gasteiger charge is 2.43. The third-order valence-corrected chi connectivity index (χ3v) is 2.97. The lowest BCUT2D eigenvalue weighted by atomic mass is 9.87. The number of primary amides is 1. The van der Waals surface area contributed by atoms with Crippen LogP contribution in [-0.4, -0.2) is 34.2 Å². The van der Waals surface area contributed by atoms with Crippen LogP contribution in [0.2, 0.25) is 0 Å². The largest absolute Gasteiger partial charge is 0.479 e. The molecule has 0 fully saturated rings. The number of carboxylic acid groups (broad SMARTS) is 1. The average molecular weight is 322 g/mol. The number of alkyl carbamates (subject to hydrolysis) is 1. The highest BCUT2D eigenvalue weighted by Crippen LogP contribution is 2.20. The third kappa shape index (κ3) is 5.98. The van der Waals surface area contributed by atoms with Gasteiger partial charge in [0, 0.05) is 6.42 Å². The minimum Gasteiger partial charge on any atom is -0.479 e. The first-order chi connectivity index (χ1) is 10.5. The first-order valence-corrected chi connectivity index (χ1v) is 7.11. The number of nitrogens with one attached hydrogen (secondary N) is 1. The zero-order valence-electron chi connectivity index (χ0n) is 13.5. The maximum absolute atomic E-state index is 12.0. The quantitative estimate of drug-likeness (QED) is 0.732. The molecule has 1 atom stereocenters. The number of benzene rings is 1. The number of rotatable bonds is 6. The number of ether oxygens (including phenoxy) is 1. The van der Waals surface area contributed by atoms with Crippen LogP contribution in [0.1, 0.15) is 32.8 Å². The van der Waals surface area contributed by atoms with E-state index in [9.17, 15) is 19.5 Å². The molecule has 0 saturated carbocycles. The predicted molar refractivity (Wildman–Crippen MR) is 83.7 cm³/mol. The maximum atomic E-state index is 12.0. The number of carboxylic acids is 1. The van der Waals surface area contributed by atoms with Gasteiger partial charge in [-0.25, -0.2) is 9.59 Å². The van der Waals surface area contributed by atoms with Gasteiger partial charge in [-0.15, -0.1) is 0 Å². The molecule has 0 unspecified atom stereocenters. The van der Waals surface area contributed by atoms with Crippen molar-refractivity contribution in [1.29, 1.82) is 0 Å². The summed E-state index contributed by atoms with van der Waals surface area (Å²) in [6, 6.07) is 8.66. The number of carbonyl (C=O) groups excluding carboxylic acids is 2. The van der Waals surface area contributed by atoms with E-state index in [1.54, 1.807) is 51.1 Å². The van der Waals surface area contributed by atoms with Gasteiger partial charge in [-0.1, -0.05) is 30.3 Å². The summed E-state index contributed by atoms with van der Waals surface area (Å²) < 4.78 is 5.10. The van der Waals surface area contributed by atoms with Crippen molar-refractivity contribution in [2.45, 2.75) is 44.8 Å². The monoisotopic (exact) mass is 322 g/mol. The van der Waals surface area contributed by atoms with Crippen molar-refractivity contribution in [3.63, 3.8) is 0 Å². The topological polar surface area (TPSA) is 119 Å². The molecular formula is C16H22N2O5. The van der Waals surface area contributed by atoms with Gasteiger partial charge in [0.1, 0.15) is 5.60 Å². The number of amides is 2. The summed E-state index contributed by atoms with van der Waals surface area (Å²) in [5.41, 5.74) is 3.16. The third-order valence-electron chi connectivity index (χ3n) is 2.97. The Kier molecular flexibility index (Phi) is 5.73. The fraction of sp³-hybridized carbons (Fsp3) is 0.438.